The first-order valence-corrected chi connectivity index (χ1v) is 20.7. The molecule has 2 aromatic heterocycles. The maximum Gasteiger partial charge on any atom is 0.0711 e. The molecule has 0 N–H and O–H groups in total. The van der Waals surface area contributed by atoms with Crippen molar-refractivity contribution in [3.8, 4) is 61.5 Å². The van der Waals surface area contributed by atoms with Crippen molar-refractivity contribution in [3.63, 3.8) is 0 Å². The van der Waals surface area contributed by atoms with E-state index in [4.69, 9.17) is 4.98 Å². The van der Waals surface area contributed by atoms with Crippen LogP contribution in [0, 0.1) is 0 Å². The molecule has 59 heavy (non-hydrogen) atoms. The van der Waals surface area contributed by atoms with Crippen LogP contribution in [0.2, 0.25) is 0 Å². The monoisotopic (exact) mass is 754 g/mol. The maximum absolute atomic E-state index is 5.51. The normalized spacial score (nSPS) is 14.8. The second kappa shape index (κ2) is 14.6. The molecule has 0 saturated carbocycles. The molecule has 0 bridgehead atoms. The van der Waals surface area contributed by atoms with Gasteiger partial charge in [-0.2, -0.15) is 0 Å². The van der Waals surface area contributed by atoms with E-state index in [0.717, 1.165) is 29.1 Å². The second-order valence-corrected chi connectivity index (χ2v) is 15.9. The molecule has 0 radical (unpaired) electrons. The smallest absolute Gasteiger partial charge is 0.0711 e. The van der Waals surface area contributed by atoms with E-state index >= 15 is 0 Å². The van der Waals surface area contributed by atoms with Crippen molar-refractivity contribution in [2.24, 2.45) is 0 Å². The number of pyridine rings is 1. The molecule has 8 aromatic carbocycles. The molecule has 0 saturated heterocycles. The highest BCUT2D eigenvalue weighted by Gasteiger charge is 2.31. The Hall–Kier alpha value is -7.29. The molecule has 2 nitrogen and oxygen atoms in total. The van der Waals surface area contributed by atoms with Gasteiger partial charge in [0.1, 0.15) is 0 Å². The third-order valence-electron chi connectivity index (χ3n) is 12.5. The molecule has 0 fully saturated rings. The van der Waals surface area contributed by atoms with Gasteiger partial charge in [0.15, 0.2) is 0 Å². The van der Waals surface area contributed by atoms with Gasteiger partial charge in [-0.1, -0.05) is 189 Å². The number of rotatable bonds is 6. The van der Waals surface area contributed by atoms with E-state index in [0.29, 0.717) is 0 Å². The van der Waals surface area contributed by atoms with Gasteiger partial charge >= 0.3 is 0 Å². The van der Waals surface area contributed by atoms with Crippen LogP contribution in [-0.2, 0) is 6.42 Å². The number of hydrogen-bond acceptors (Lipinski definition) is 1. The predicted octanol–water partition coefficient (Wildman–Crippen LogP) is 15.0. The number of hydrogen-bond donors (Lipinski definition) is 0. The third kappa shape index (κ3) is 6.16. The van der Waals surface area contributed by atoms with Gasteiger partial charge in [-0.3, -0.25) is 4.98 Å². The van der Waals surface area contributed by atoms with Crippen molar-refractivity contribution < 1.29 is 0 Å². The molecule has 1 aliphatic carbocycles. The van der Waals surface area contributed by atoms with Gasteiger partial charge in [0.2, 0.25) is 0 Å². The Kier molecular flexibility index (Phi) is 8.63. The molecule has 2 heteroatoms. The molecule has 10 aromatic rings. The first kappa shape index (κ1) is 34.9. The first-order chi connectivity index (χ1) is 29.2. The van der Waals surface area contributed by atoms with E-state index in [2.05, 4.69) is 224 Å². The molecule has 11 rings (SSSR count). The summed E-state index contributed by atoms with van der Waals surface area (Å²) in [6.45, 7) is 2.42. The van der Waals surface area contributed by atoms with Crippen LogP contribution in [0.5, 0.6) is 0 Å². The molecule has 2 atom stereocenters. The number of para-hydroxylation sites is 2. The van der Waals surface area contributed by atoms with Crippen LogP contribution in [0.15, 0.2) is 212 Å². The van der Waals surface area contributed by atoms with Gasteiger partial charge < -0.3 is 4.57 Å². The highest BCUT2D eigenvalue weighted by Crippen LogP contribution is 2.48. The SMILES string of the molecule is C[C@@H]1c2cc(-c3cccc4c5ccccc5n(-c5cccc(-c6ccccc6)c5)c34)ccc2-c2ccccc2C[C@H]1c1cc(-c2ccccc2)cc(-c2ccccc2)n1. The minimum Gasteiger partial charge on any atom is -0.309 e. The molecular weight excluding hydrogens is 713 g/mol. The Morgan fingerprint density at radius 2 is 1.07 bits per heavy atom. The zero-order valence-corrected chi connectivity index (χ0v) is 33.0. The number of aromatic nitrogens is 2. The summed E-state index contributed by atoms with van der Waals surface area (Å²) < 4.78 is 2.48. The predicted molar refractivity (Wildman–Crippen MR) is 247 cm³/mol. The van der Waals surface area contributed by atoms with Crippen LogP contribution < -0.4 is 0 Å². The Labute approximate surface area is 345 Å². The number of benzene rings is 8. The fourth-order valence-electron chi connectivity index (χ4n) is 9.58. The molecule has 0 amide bonds. The van der Waals surface area contributed by atoms with Gasteiger partial charge in [0.25, 0.3) is 0 Å². The molecule has 0 spiro atoms. The van der Waals surface area contributed by atoms with Crippen molar-refractivity contribution in [2.75, 3.05) is 0 Å². The number of nitrogens with zero attached hydrogens (tertiary/aromatic N) is 2. The van der Waals surface area contributed by atoms with Gasteiger partial charge in [-0.15, -0.1) is 0 Å². The lowest BCUT2D eigenvalue weighted by Gasteiger charge is -2.25. The van der Waals surface area contributed by atoms with Crippen molar-refractivity contribution in [1.82, 2.24) is 9.55 Å². The van der Waals surface area contributed by atoms with Crippen LogP contribution >= 0.6 is 0 Å². The molecular formula is C57H42N2. The van der Waals surface area contributed by atoms with Crippen molar-refractivity contribution in [3.05, 3.63) is 229 Å². The summed E-state index contributed by atoms with van der Waals surface area (Å²) in [6, 6.07) is 77.5. The average Bonchev–Trinajstić information content (AvgIpc) is 3.60. The summed E-state index contributed by atoms with van der Waals surface area (Å²) in [4.78, 5) is 5.51. The summed E-state index contributed by atoms with van der Waals surface area (Å²) >= 11 is 0. The highest BCUT2D eigenvalue weighted by molar-refractivity contribution is 6.14. The van der Waals surface area contributed by atoms with E-state index in [1.807, 2.05) is 0 Å². The first-order valence-electron chi connectivity index (χ1n) is 20.7. The van der Waals surface area contributed by atoms with Crippen LogP contribution in [0.4, 0.5) is 0 Å². The van der Waals surface area contributed by atoms with Crippen LogP contribution in [0.1, 0.15) is 35.6 Å². The lowest BCUT2D eigenvalue weighted by Crippen LogP contribution is -2.13. The largest absolute Gasteiger partial charge is 0.309 e. The molecule has 1 aliphatic rings. The average molecular weight is 755 g/mol. The van der Waals surface area contributed by atoms with Crippen molar-refractivity contribution >= 4 is 21.8 Å². The second-order valence-electron chi connectivity index (χ2n) is 15.9. The highest BCUT2D eigenvalue weighted by atomic mass is 15.0. The minimum atomic E-state index is 0.154. The minimum absolute atomic E-state index is 0.154. The Balaban J connectivity index is 1.10. The van der Waals surface area contributed by atoms with Gasteiger partial charge in [-0.05, 0) is 92.7 Å². The van der Waals surface area contributed by atoms with Gasteiger partial charge in [0.05, 0.1) is 16.7 Å². The lowest BCUT2D eigenvalue weighted by molar-refractivity contribution is 0.566. The summed E-state index contributed by atoms with van der Waals surface area (Å²) in [5.74, 6) is 0.342. The molecule has 2 heterocycles. The van der Waals surface area contributed by atoms with Gasteiger partial charge in [-0.25, -0.2) is 0 Å². The van der Waals surface area contributed by atoms with Crippen LogP contribution in [-0.4, -0.2) is 9.55 Å². The summed E-state index contributed by atoms with van der Waals surface area (Å²) in [5, 5.41) is 2.51. The molecule has 0 aliphatic heterocycles. The van der Waals surface area contributed by atoms with E-state index in [1.165, 1.54) is 77.4 Å². The lowest BCUT2D eigenvalue weighted by atomic mass is 9.81. The molecule has 280 valence electrons. The Morgan fingerprint density at radius 1 is 0.441 bits per heavy atom. The van der Waals surface area contributed by atoms with Crippen molar-refractivity contribution in [2.45, 2.75) is 25.2 Å². The summed E-state index contributed by atoms with van der Waals surface area (Å²) in [5.41, 5.74) is 19.5. The Bertz CT molecular complexity index is 3080. The quantitative estimate of drug-likeness (QED) is 0.165. The van der Waals surface area contributed by atoms with E-state index in [9.17, 15) is 0 Å². The van der Waals surface area contributed by atoms with Crippen molar-refractivity contribution in [1.29, 1.82) is 0 Å². The van der Waals surface area contributed by atoms with Gasteiger partial charge in [0, 0.05) is 39.2 Å². The summed E-state index contributed by atoms with van der Waals surface area (Å²) in [7, 11) is 0. The van der Waals surface area contributed by atoms with E-state index in [-0.39, 0.29) is 11.8 Å². The standard InChI is InChI=1S/C57H42N2/c1-38-52-34-44(48-28-16-29-51-50-27-13-14-30-56(50)59(57(48)51)46-25-15-24-42(33-46)39-17-5-2-6-18-39)31-32-49(52)47-26-12-11-23-43(47)35-53(38)55-37-45(40-19-7-3-8-20-40)36-54(58-55)41-21-9-4-10-22-41/h2-34,36-38,53H,35H2,1H3/t38-,53-/m1/s1. The number of fused-ring (bicyclic) bond motifs is 6. The maximum atomic E-state index is 5.51. The zero-order valence-electron chi connectivity index (χ0n) is 33.0. The van der Waals surface area contributed by atoms with Crippen LogP contribution in [0.3, 0.4) is 0 Å². The third-order valence-corrected chi connectivity index (χ3v) is 12.5. The van der Waals surface area contributed by atoms with Crippen LogP contribution in [0.25, 0.3) is 83.3 Å². The summed E-state index contributed by atoms with van der Waals surface area (Å²) in [6.07, 6.45) is 0.905. The van der Waals surface area contributed by atoms with E-state index in [1.54, 1.807) is 0 Å². The zero-order chi connectivity index (χ0) is 39.3. The Morgan fingerprint density at radius 3 is 1.86 bits per heavy atom. The topological polar surface area (TPSA) is 17.8 Å². The fraction of sp³-hybridized carbons (Fsp3) is 0.0702. The molecule has 0 unspecified atom stereocenters. The fourth-order valence-corrected chi connectivity index (χ4v) is 9.58. The van der Waals surface area contributed by atoms with E-state index < -0.39 is 0 Å².